The molecule has 0 saturated carbocycles. The van der Waals surface area contributed by atoms with Gasteiger partial charge in [-0.1, -0.05) is 104 Å². The number of benzene rings is 5. The molecule has 0 aliphatic heterocycles. The van der Waals surface area contributed by atoms with Crippen LogP contribution in [0.1, 0.15) is 0 Å². The van der Waals surface area contributed by atoms with Gasteiger partial charge in [-0.15, -0.1) is 0 Å². The highest BCUT2D eigenvalue weighted by Crippen LogP contribution is 2.35. The molecule has 6 aromatic rings. The maximum atomic E-state index is 6.07. The van der Waals surface area contributed by atoms with E-state index >= 15 is 0 Å². The second-order valence-electron chi connectivity index (χ2n) is 8.27. The van der Waals surface area contributed by atoms with E-state index in [1.54, 1.807) is 0 Å². The molecule has 156 valence electrons. The van der Waals surface area contributed by atoms with Crippen LogP contribution in [0, 0.1) is 0 Å². The number of para-hydroxylation sites is 1. The Bertz CT molecular complexity index is 1790. The van der Waals surface area contributed by atoms with Gasteiger partial charge in [0.2, 0.25) is 0 Å². The summed E-state index contributed by atoms with van der Waals surface area (Å²) >= 11 is 0. The third-order valence-electron chi connectivity index (χ3n) is 6.37. The smallest absolute Gasteiger partial charge is 0.135 e. The number of fused-ring (bicyclic) bond motifs is 4. The Balaban J connectivity index is 1.77. The van der Waals surface area contributed by atoms with Crippen LogP contribution in [0.5, 0.6) is 0 Å². The highest BCUT2D eigenvalue weighted by molar-refractivity contribution is 6.09. The molecule has 1 heteroatoms. The van der Waals surface area contributed by atoms with Crippen LogP contribution in [-0.2, 0) is 0 Å². The summed E-state index contributed by atoms with van der Waals surface area (Å²) in [6.45, 7) is 8.56. The highest BCUT2D eigenvalue weighted by Gasteiger charge is 2.15. The fraction of sp³-hybridized carbons (Fsp3) is 0. The van der Waals surface area contributed by atoms with Gasteiger partial charge in [0.05, 0.1) is 0 Å². The molecule has 0 amide bonds. The predicted octanol–water partition coefficient (Wildman–Crippen LogP) is 7.45. The summed E-state index contributed by atoms with van der Waals surface area (Å²) in [5.41, 5.74) is 6.45. The van der Waals surface area contributed by atoms with Crippen LogP contribution in [0.3, 0.4) is 0 Å². The Morgan fingerprint density at radius 3 is 1.97 bits per heavy atom. The third kappa shape index (κ3) is 3.01. The van der Waals surface area contributed by atoms with E-state index in [9.17, 15) is 0 Å². The van der Waals surface area contributed by atoms with Gasteiger partial charge < -0.3 is 4.42 Å². The molecule has 6 rings (SSSR count). The minimum Gasteiger partial charge on any atom is -0.456 e. The summed E-state index contributed by atoms with van der Waals surface area (Å²) in [6.07, 6.45) is 3.93. The van der Waals surface area contributed by atoms with Crippen molar-refractivity contribution in [2.24, 2.45) is 0 Å². The van der Waals surface area contributed by atoms with Gasteiger partial charge in [-0.2, -0.15) is 0 Å². The van der Waals surface area contributed by atoms with Gasteiger partial charge in [0.15, 0.2) is 0 Å². The molecule has 5 aromatic carbocycles. The molecule has 0 spiro atoms. The normalized spacial score (nSPS) is 12.1. The molecule has 0 aliphatic rings. The number of allylic oxidation sites excluding steroid dienone is 1. The van der Waals surface area contributed by atoms with E-state index < -0.39 is 0 Å². The summed E-state index contributed by atoms with van der Waals surface area (Å²) in [5.74, 6) is 0. The number of hydrogen-bond donors (Lipinski definition) is 0. The maximum Gasteiger partial charge on any atom is 0.135 e. The molecule has 1 nitrogen and oxygen atoms in total. The van der Waals surface area contributed by atoms with Crippen molar-refractivity contribution in [2.75, 3.05) is 0 Å². The van der Waals surface area contributed by atoms with Crippen LogP contribution in [0.4, 0.5) is 0 Å². The van der Waals surface area contributed by atoms with Crippen molar-refractivity contribution >= 4 is 45.4 Å². The van der Waals surface area contributed by atoms with Crippen LogP contribution >= 0.6 is 0 Å². The zero-order valence-electron chi connectivity index (χ0n) is 18.2. The lowest BCUT2D eigenvalue weighted by Crippen LogP contribution is -2.28. The van der Waals surface area contributed by atoms with E-state index in [0.29, 0.717) is 0 Å². The first-order chi connectivity index (χ1) is 16.3. The first-order valence-corrected chi connectivity index (χ1v) is 11.1. The molecule has 0 fully saturated rings. The zero-order valence-corrected chi connectivity index (χ0v) is 18.2. The van der Waals surface area contributed by atoms with Crippen molar-refractivity contribution in [3.8, 4) is 22.3 Å². The molecular formula is C32H22O. The highest BCUT2D eigenvalue weighted by atomic mass is 16.3. The average Bonchev–Trinajstić information content (AvgIpc) is 3.23. The quantitative estimate of drug-likeness (QED) is 0.289. The van der Waals surface area contributed by atoms with Gasteiger partial charge >= 0.3 is 0 Å². The fourth-order valence-corrected chi connectivity index (χ4v) is 4.94. The second-order valence-corrected chi connectivity index (χ2v) is 8.27. The SMILES string of the molecule is C=C/C=c1/c(-c2ccc3oc4ccccc4c3c2)c2ccccc2c(-c2ccccc2)c1=C. The second kappa shape index (κ2) is 7.65. The minimum atomic E-state index is 0.897. The summed E-state index contributed by atoms with van der Waals surface area (Å²) < 4.78 is 6.07. The molecule has 0 radical (unpaired) electrons. The van der Waals surface area contributed by atoms with E-state index in [1.807, 2.05) is 24.3 Å². The Morgan fingerprint density at radius 2 is 1.21 bits per heavy atom. The molecule has 0 aliphatic carbocycles. The Kier molecular flexibility index (Phi) is 4.48. The molecule has 33 heavy (non-hydrogen) atoms. The van der Waals surface area contributed by atoms with Crippen molar-refractivity contribution < 1.29 is 4.42 Å². The molecule has 0 bridgehead atoms. The largest absolute Gasteiger partial charge is 0.456 e. The predicted molar refractivity (Wildman–Crippen MR) is 142 cm³/mol. The molecule has 0 N–H and O–H groups in total. The van der Waals surface area contributed by atoms with Gasteiger partial charge in [-0.05, 0) is 61.7 Å². The first-order valence-electron chi connectivity index (χ1n) is 11.1. The number of hydrogen-bond acceptors (Lipinski definition) is 1. The van der Waals surface area contributed by atoms with E-state index in [-0.39, 0.29) is 0 Å². The molecule has 0 unspecified atom stereocenters. The molecule has 0 saturated heterocycles. The van der Waals surface area contributed by atoms with Crippen LogP contribution in [0.25, 0.3) is 67.6 Å². The van der Waals surface area contributed by atoms with Gasteiger partial charge in [0.1, 0.15) is 11.2 Å². The molecule has 0 atom stereocenters. The molecule has 1 heterocycles. The van der Waals surface area contributed by atoms with Crippen LogP contribution in [0.2, 0.25) is 0 Å². The van der Waals surface area contributed by atoms with Crippen LogP contribution in [0.15, 0.2) is 114 Å². The summed E-state index contributed by atoms with van der Waals surface area (Å²) in [6, 6.07) is 33.8. The third-order valence-corrected chi connectivity index (χ3v) is 6.37. The average molecular weight is 423 g/mol. The van der Waals surface area contributed by atoms with E-state index in [4.69, 9.17) is 4.42 Å². The van der Waals surface area contributed by atoms with E-state index in [1.165, 1.54) is 21.9 Å². The topological polar surface area (TPSA) is 13.1 Å². The summed E-state index contributed by atoms with van der Waals surface area (Å²) in [7, 11) is 0. The van der Waals surface area contributed by atoms with Gasteiger partial charge in [-0.25, -0.2) is 0 Å². The zero-order chi connectivity index (χ0) is 22.4. The fourth-order valence-electron chi connectivity index (χ4n) is 4.94. The van der Waals surface area contributed by atoms with Gasteiger partial charge in [0.25, 0.3) is 0 Å². The summed E-state index contributed by atoms with van der Waals surface area (Å²) in [4.78, 5) is 0. The van der Waals surface area contributed by atoms with Crippen molar-refractivity contribution in [2.45, 2.75) is 0 Å². The van der Waals surface area contributed by atoms with Crippen molar-refractivity contribution in [1.82, 2.24) is 0 Å². The van der Waals surface area contributed by atoms with E-state index in [2.05, 4.69) is 98.1 Å². The number of rotatable bonds is 3. The Morgan fingerprint density at radius 1 is 0.576 bits per heavy atom. The van der Waals surface area contributed by atoms with E-state index in [0.717, 1.165) is 43.5 Å². The van der Waals surface area contributed by atoms with Crippen molar-refractivity contribution in [3.63, 3.8) is 0 Å². The lowest BCUT2D eigenvalue weighted by Gasteiger charge is -2.15. The standard InChI is InChI=1S/C32H22O/c1-3-11-24-21(2)31(22-12-5-4-6-13-22)26-15-7-8-16-27(26)32(24)23-18-19-30-28(20-23)25-14-9-10-17-29(25)33-30/h3-20H,1-2H2/b24-11+. The van der Waals surface area contributed by atoms with Crippen molar-refractivity contribution in [3.05, 3.63) is 120 Å². The van der Waals surface area contributed by atoms with Crippen LogP contribution < -0.4 is 10.4 Å². The van der Waals surface area contributed by atoms with Crippen molar-refractivity contribution in [1.29, 1.82) is 0 Å². The molecule has 1 aromatic heterocycles. The van der Waals surface area contributed by atoms with Gasteiger partial charge in [0, 0.05) is 10.8 Å². The lowest BCUT2D eigenvalue weighted by atomic mass is 9.88. The Labute approximate surface area is 192 Å². The first kappa shape index (κ1) is 19.3. The molecular weight excluding hydrogens is 400 g/mol. The van der Waals surface area contributed by atoms with Crippen LogP contribution in [-0.4, -0.2) is 0 Å². The monoisotopic (exact) mass is 422 g/mol. The lowest BCUT2D eigenvalue weighted by molar-refractivity contribution is 0.669. The number of furan rings is 1. The minimum absolute atomic E-state index is 0.897. The Hall–Kier alpha value is -4.36. The maximum absolute atomic E-state index is 6.07. The summed E-state index contributed by atoms with van der Waals surface area (Å²) in [5, 5.41) is 6.74. The van der Waals surface area contributed by atoms with Gasteiger partial charge in [-0.3, -0.25) is 0 Å².